The molecule has 1 aromatic carbocycles. The predicted octanol–water partition coefficient (Wildman–Crippen LogP) is 4.02. The van der Waals surface area contributed by atoms with E-state index in [1.54, 1.807) is 17.4 Å². The van der Waals surface area contributed by atoms with Crippen molar-refractivity contribution in [1.82, 2.24) is 5.32 Å². The molecule has 1 amide bonds. The number of carbonyl (C=O) groups excluding carboxylic acids is 1. The number of thiophene rings is 1. The number of benzene rings is 1. The van der Waals surface area contributed by atoms with Crippen LogP contribution in [0.4, 0.5) is 4.39 Å². The molecule has 0 saturated carbocycles. The Morgan fingerprint density at radius 2 is 2.10 bits per heavy atom. The fraction of sp³-hybridized carbons (Fsp3) is 0.312. The minimum Gasteiger partial charge on any atom is -0.497 e. The van der Waals surface area contributed by atoms with Gasteiger partial charge in [-0.15, -0.1) is 11.3 Å². The van der Waals surface area contributed by atoms with Crippen molar-refractivity contribution in [3.05, 3.63) is 52.0 Å². The molecular weight excluding hydrogens is 289 g/mol. The molecule has 3 nitrogen and oxygen atoms in total. The van der Waals surface area contributed by atoms with Crippen LogP contribution in [0.25, 0.3) is 0 Å². The van der Waals surface area contributed by atoms with Gasteiger partial charge in [0, 0.05) is 10.9 Å². The second-order valence-corrected chi connectivity index (χ2v) is 6.04. The van der Waals surface area contributed by atoms with Gasteiger partial charge in [-0.25, -0.2) is 4.39 Å². The standard InChI is InChI=1S/C16H18FNO2S/c1-10(2)15(14-5-4-8-21-14)18-16(19)12-7-6-11(20-3)9-13(12)17/h4-10,15H,1-3H3,(H,18,19). The van der Waals surface area contributed by atoms with Crippen LogP contribution in [0.5, 0.6) is 5.75 Å². The number of nitrogens with one attached hydrogen (secondary N) is 1. The molecule has 0 aliphatic heterocycles. The van der Waals surface area contributed by atoms with Gasteiger partial charge in [0.15, 0.2) is 0 Å². The van der Waals surface area contributed by atoms with E-state index in [0.29, 0.717) is 5.75 Å². The van der Waals surface area contributed by atoms with Crippen LogP contribution in [0.15, 0.2) is 35.7 Å². The zero-order valence-electron chi connectivity index (χ0n) is 12.2. The molecule has 2 aromatic rings. The summed E-state index contributed by atoms with van der Waals surface area (Å²) < 4.78 is 18.9. The summed E-state index contributed by atoms with van der Waals surface area (Å²) in [6, 6.07) is 8.02. The minimum absolute atomic E-state index is 0.0259. The fourth-order valence-corrected chi connectivity index (χ4v) is 3.01. The summed E-state index contributed by atoms with van der Waals surface area (Å²) in [5.74, 6) is -0.389. The second-order valence-electron chi connectivity index (χ2n) is 5.06. The molecule has 5 heteroatoms. The molecule has 1 heterocycles. The summed E-state index contributed by atoms with van der Waals surface area (Å²) >= 11 is 1.58. The largest absolute Gasteiger partial charge is 0.497 e. The third-order valence-corrected chi connectivity index (χ3v) is 4.18. The number of hydrogen-bond donors (Lipinski definition) is 1. The minimum atomic E-state index is -0.583. The molecule has 1 atom stereocenters. The highest BCUT2D eigenvalue weighted by atomic mass is 32.1. The molecule has 1 unspecified atom stereocenters. The Hall–Kier alpha value is -1.88. The zero-order valence-corrected chi connectivity index (χ0v) is 13.0. The maximum atomic E-state index is 13.9. The first-order valence-electron chi connectivity index (χ1n) is 6.70. The van der Waals surface area contributed by atoms with Crippen molar-refractivity contribution in [2.45, 2.75) is 19.9 Å². The van der Waals surface area contributed by atoms with Crippen molar-refractivity contribution in [2.75, 3.05) is 7.11 Å². The molecule has 0 radical (unpaired) electrons. The number of amides is 1. The summed E-state index contributed by atoms with van der Waals surface area (Å²) in [7, 11) is 1.46. The van der Waals surface area contributed by atoms with E-state index in [4.69, 9.17) is 4.74 Å². The average Bonchev–Trinajstić information content (AvgIpc) is 2.97. The monoisotopic (exact) mass is 307 g/mol. The van der Waals surface area contributed by atoms with Crippen molar-refractivity contribution in [3.63, 3.8) is 0 Å². The third kappa shape index (κ3) is 3.61. The Kier molecular flexibility index (Phi) is 4.96. The highest BCUT2D eigenvalue weighted by Gasteiger charge is 2.21. The number of carbonyl (C=O) groups is 1. The van der Waals surface area contributed by atoms with Crippen LogP contribution in [0.2, 0.25) is 0 Å². The summed E-state index contributed by atoms with van der Waals surface area (Å²) in [6.45, 7) is 4.05. The van der Waals surface area contributed by atoms with Gasteiger partial charge in [-0.2, -0.15) is 0 Å². The second kappa shape index (κ2) is 6.72. The van der Waals surface area contributed by atoms with Gasteiger partial charge in [-0.05, 0) is 29.5 Å². The number of methoxy groups -OCH3 is 1. The van der Waals surface area contributed by atoms with E-state index in [1.807, 2.05) is 31.4 Å². The summed E-state index contributed by atoms with van der Waals surface area (Å²) in [5.41, 5.74) is 0.0259. The van der Waals surface area contributed by atoms with E-state index < -0.39 is 11.7 Å². The predicted molar refractivity (Wildman–Crippen MR) is 82.3 cm³/mol. The Morgan fingerprint density at radius 3 is 2.62 bits per heavy atom. The van der Waals surface area contributed by atoms with Crippen molar-refractivity contribution < 1.29 is 13.9 Å². The first-order valence-corrected chi connectivity index (χ1v) is 7.58. The van der Waals surface area contributed by atoms with E-state index in [2.05, 4.69) is 5.32 Å². The van der Waals surface area contributed by atoms with Crippen molar-refractivity contribution in [3.8, 4) is 5.75 Å². The molecule has 112 valence electrons. The Balaban J connectivity index is 2.20. The van der Waals surface area contributed by atoms with Gasteiger partial charge >= 0.3 is 0 Å². The summed E-state index contributed by atoms with van der Waals surface area (Å²) in [5, 5.41) is 4.87. The number of halogens is 1. The maximum Gasteiger partial charge on any atom is 0.254 e. The molecule has 0 fully saturated rings. The Bertz CT molecular complexity index is 611. The van der Waals surface area contributed by atoms with Crippen molar-refractivity contribution in [2.24, 2.45) is 5.92 Å². The first kappa shape index (κ1) is 15.5. The molecule has 1 aromatic heterocycles. The van der Waals surface area contributed by atoms with Gasteiger partial charge in [-0.1, -0.05) is 19.9 Å². The topological polar surface area (TPSA) is 38.3 Å². The lowest BCUT2D eigenvalue weighted by molar-refractivity contribution is 0.0922. The highest BCUT2D eigenvalue weighted by Crippen LogP contribution is 2.26. The van der Waals surface area contributed by atoms with Crippen LogP contribution in [0, 0.1) is 11.7 Å². The van der Waals surface area contributed by atoms with Crippen molar-refractivity contribution in [1.29, 1.82) is 0 Å². The first-order chi connectivity index (χ1) is 10.0. The number of hydrogen-bond acceptors (Lipinski definition) is 3. The normalized spacial score (nSPS) is 12.2. The van der Waals surface area contributed by atoms with E-state index >= 15 is 0 Å². The highest BCUT2D eigenvalue weighted by molar-refractivity contribution is 7.10. The van der Waals surface area contributed by atoms with Gasteiger partial charge in [0.1, 0.15) is 11.6 Å². The molecule has 21 heavy (non-hydrogen) atoms. The van der Waals surface area contributed by atoms with E-state index in [9.17, 15) is 9.18 Å². The van der Waals surface area contributed by atoms with Gasteiger partial charge in [-0.3, -0.25) is 4.79 Å². The molecule has 0 spiro atoms. The Labute approximate surface area is 127 Å². The SMILES string of the molecule is COc1ccc(C(=O)NC(c2cccs2)C(C)C)c(F)c1. The lowest BCUT2D eigenvalue weighted by Crippen LogP contribution is -2.31. The molecular formula is C16H18FNO2S. The lowest BCUT2D eigenvalue weighted by Gasteiger charge is -2.21. The third-order valence-electron chi connectivity index (χ3n) is 3.22. The number of rotatable bonds is 5. The zero-order chi connectivity index (χ0) is 15.4. The van der Waals surface area contributed by atoms with Crippen LogP contribution < -0.4 is 10.1 Å². The van der Waals surface area contributed by atoms with E-state index in [-0.39, 0.29) is 17.5 Å². The maximum absolute atomic E-state index is 13.9. The van der Waals surface area contributed by atoms with Crippen LogP contribution in [-0.2, 0) is 0 Å². The van der Waals surface area contributed by atoms with Crippen LogP contribution in [0.1, 0.15) is 35.1 Å². The van der Waals surface area contributed by atoms with Crippen LogP contribution in [-0.4, -0.2) is 13.0 Å². The van der Waals surface area contributed by atoms with Crippen molar-refractivity contribution >= 4 is 17.2 Å². The molecule has 0 saturated heterocycles. The molecule has 0 bridgehead atoms. The van der Waals surface area contributed by atoms with E-state index in [1.165, 1.54) is 19.2 Å². The molecule has 0 aliphatic rings. The lowest BCUT2D eigenvalue weighted by atomic mass is 10.0. The molecule has 2 rings (SSSR count). The van der Waals surface area contributed by atoms with Crippen LogP contribution in [0.3, 0.4) is 0 Å². The number of ether oxygens (including phenoxy) is 1. The van der Waals surface area contributed by atoms with Gasteiger partial charge in [0.2, 0.25) is 0 Å². The van der Waals surface area contributed by atoms with Gasteiger partial charge < -0.3 is 10.1 Å². The Morgan fingerprint density at radius 1 is 1.33 bits per heavy atom. The van der Waals surface area contributed by atoms with Gasteiger partial charge in [0.05, 0.1) is 18.7 Å². The quantitative estimate of drug-likeness (QED) is 0.906. The average molecular weight is 307 g/mol. The van der Waals surface area contributed by atoms with Crippen LogP contribution >= 0.6 is 11.3 Å². The summed E-state index contributed by atoms with van der Waals surface area (Å²) in [6.07, 6.45) is 0. The fourth-order valence-electron chi connectivity index (χ4n) is 2.06. The smallest absolute Gasteiger partial charge is 0.254 e. The summed E-state index contributed by atoms with van der Waals surface area (Å²) in [4.78, 5) is 13.4. The van der Waals surface area contributed by atoms with E-state index in [0.717, 1.165) is 4.88 Å². The molecule has 1 N–H and O–H groups in total. The molecule has 0 aliphatic carbocycles. The van der Waals surface area contributed by atoms with Gasteiger partial charge in [0.25, 0.3) is 5.91 Å².